The highest BCUT2D eigenvalue weighted by Gasteiger charge is 2.38. The summed E-state index contributed by atoms with van der Waals surface area (Å²) in [6.45, 7) is 10.3. The van der Waals surface area contributed by atoms with Crippen LogP contribution in [-0.2, 0) is 5.41 Å². The van der Waals surface area contributed by atoms with Crippen molar-refractivity contribution in [3.63, 3.8) is 0 Å². The average molecular weight is 408 g/mol. The summed E-state index contributed by atoms with van der Waals surface area (Å²) < 4.78 is 5.68. The number of hydrogen-bond donors (Lipinski definition) is 1. The number of rotatable bonds is 5. The molecule has 1 saturated heterocycles. The molecule has 8 nitrogen and oxygen atoms in total. The number of anilines is 2. The zero-order chi connectivity index (χ0) is 21.3. The fourth-order valence-corrected chi connectivity index (χ4v) is 3.77. The molecule has 1 fully saturated rings. The lowest BCUT2D eigenvalue weighted by Crippen LogP contribution is -2.44. The Kier molecular flexibility index (Phi) is 5.42. The molecule has 1 aliphatic rings. The first kappa shape index (κ1) is 20.3. The van der Waals surface area contributed by atoms with Crippen molar-refractivity contribution in [1.29, 1.82) is 0 Å². The van der Waals surface area contributed by atoms with E-state index in [9.17, 15) is 0 Å². The number of aromatic nitrogens is 4. The van der Waals surface area contributed by atoms with Crippen LogP contribution in [0.3, 0.4) is 0 Å². The summed E-state index contributed by atoms with van der Waals surface area (Å²) in [5, 5.41) is 4.40. The molecule has 3 aromatic rings. The zero-order valence-electron chi connectivity index (χ0n) is 18.0. The highest BCUT2D eigenvalue weighted by atomic mass is 16.5. The Balaban J connectivity index is 1.62. The molecular weight excluding hydrogens is 378 g/mol. The quantitative estimate of drug-likeness (QED) is 0.690. The molecule has 2 aromatic heterocycles. The summed E-state index contributed by atoms with van der Waals surface area (Å²) in [6, 6.07) is 9.01. The number of nitrogen functional groups attached to an aromatic ring is 1. The van der Waals surface area contributed by atoms with Crippen LogP contribution in [0.1, 0.15) is 32.2 Å². The number of benzene rings is 1. The number of hydrogen-bond acceptors (Lipinski definition) is 8. The van der Waals surface area contributed by atoms with Gasteiger partial charge in [-0.25, -0.2) is 9.97 Å². The molecule has 2 N–H and O–H groups in total. The van der Waals surface area contributed by atoms with Gasteiger partial charge in [0.25, 0.3) is 0 Å². The fraction of sp³-hybridized carbons (Fsp3) is 0.455. The molecule has 1 aromatic carbocycles. The highest BCUT2D eigenvalue weighted by Crippen LogP contribution is 2.38. The number of likely N-dealkylation sites (N-methyl/N-ethyl adjacent to an activating group) is 1. The first-order chi connectivity index (χ1) is 14.4. The van der Waals surface area contributed by atoms with E-state index < -0.39 is 0 Å². The summed E-state index contributed by atoms with van der Waals surface area (Å²) in [5.74, 6) is 1.27. The minimum absolute atomic E-state index is 0.274. The van der Waals surface area contributed by atoms with Crippen LogP contribution in [0.5, 0.6) is 0 Å². The van der Waals surface area contributed by atoms with Gasteiger partial charge in [-0.2, -0.15) is 4.98 Å². The van der Waals surface area contributed by atoms with E-state index in [4.69, 9.17) is 15.2 Å². The molecule has 1 unspecified atom stereocenters. The number of nitrogens with zero attached hydrogens (tertiary/aromatic N) is 6. The topological polar surface area (TPSA) is 97.2 Å². The van der Waals surface area contributed by atoms with Crippen LogP contribution in [0.15, 0.2) is 41.2 Å². The predicted molar refractivity (Wildman–Crippen MR) is 117 cm³/mol. The molecule has 3 heterocycles. The normalized spacial score (nSPS) is 17.3. The van der Waals surface area contributed by atoms with Crippen LogP contribution in [-0.4, -0.2) is 58.2 Å². The number of nitrogens with two attached hydrogens (primary N) is 1. The van der Waals surface area contributed by atoms with Gasteiger partial charge in [-0.15, -0.1) is 0 Å². The van der Waals surface area contributed by atoms with Gasteiger partial charge in [0.05, 0.1) is 5.41 Å². The lowest BCUT2D eigenvalue weighted by molar-refractivity contribution is 0.297. The summed E-state index contributed by atoms with van der Waals surface area (Å²) >= 11 is 0. The summed E-state index contributed by atoms with van der Waals surface area (Å²) in [6.07, 6.45) is 3.47. The largest absolute Gasteiger partial charge is 0.368 e. The lowest BCUT2D eigenvalue weighted by Gasteiger charge is -2.32. The second-order valence-corrected chi connectivity index (χ2v) is 8.46. The Morgan fingerprint density at radius 1 is 1.00 bits per heavy atom. The molecule has 4 rings (SSSR count). The third-order valence-electron chi connectivity index (χ3n) is 6.30. The van der Waals surface area contributed by atoms with E-state index >= 15 is 0 Å². The third-order valence-corrected chi connectivity index (χ3v) is 6.30. The van der Waals surface area contributed by atoms with Gasteiger partial charge in [0, 0.05) is 44.1 Å². The molecule has 158 valence electrons. The van der Waals surface area contributed by atoms with Crippen molar-refractivity contribution in [2.75, 3.05) is 43.9 Å². The third kappa shape index (κ3) is 3.75. The van der Waals surface area contributed by atoms with Crippen molar-refractivity contribution >= 4 is 12.0 Å². The van der Waals surface area contributed by atoms with E-state index in [-0.39, 0.29) is 17.3 Å². The van der Waals surface area contributed by atoms with E-state index in [0.29, 0.717) is 6.01 Å². The van der Waals surface area contributed by atoms with Gasteiger partial charge >= 0.3 is 6.01 Å². The average Bonchev–Trinajstić information content (AvgIpc) is 3.25. The van der Waals surface area contributed by atoms with Crippen molar-refractivity contribution in [2.24, 2.45) is 5.92 Å². The summed E-state index contributed by atoms with van der Waals surface area (Å²) in [4.78, 5) is 17.4. The maximum absolute atomic E-state index is 5.68. The van der Waals surface area contributed by atoms with Crippen LogP contribution < -0.4 is 10.6 Å². The smallest absolute Gasteiger partial charge is 0.324 e. The molecule has 1 aliphatic heterocycles. The second kappa shape index (κ2) is 8.02. The summed E-state index contributed by atoms with van der Waals surface area (Å²) in [5.41, 5.74) is 8.33. The van der Waals surface area contributed by atoms with Gasteiger partial charge < -0.3 is 20.1 Å². The second-order valence-electron chi connectivity index (χ2n) is 8.46. The van der Waals surface area contributed by atoms with Gasteiger partial charge in [-0.05, 0) is 31.0 Å². The highest BCUT2D eigenvalue weighted by molar-refractivity contribution is 5.62. The predicted octanol–water partition coefficient (Wildman–Crippen LogP) is 2.82. The standard InChI is InChI=1S/C22H29N7O/c1-15(2)22(3,19-26-21(30-27-19)29-11-9-28(4)10-12-29)18-7-5-16(6-8-18)17-13-24-20(23)25-14-17/h5-8,13-15H,9-12H2,1-4H3,(H2,23,24,25). The molecule has 8 heteroatoms. The molecule has 0 spiro atoms. The molecule has 0 saturated carbocycles. The zero-order valence-corrected chi connectivity index (χ0v) is 18.0. The van der Waals surface area contributed by atoms with Crippen molar-refractivity contribution in [2.45, 2.75) is 26.2 Å². The van der Waals surface area contributed by atoms with Crippen molar-refractivity contribution in [3.8, 4) is 11.1 Å². The minimum atomic E-state index is -0.371. The Bertz CT molecular complexity index is 975. The molecule has 0 amide bonds. The number of piperazine rings is 1. The molecule has 0 bridgehead atoms. The SMILES string of the molecule is CC(C)C(C)(c1ccc(-c2cnc(N)nc2)cc1)c1noc(N2CCN(C)CC2)n1. The molecular formula is C22H29N7O. The van der Waals surface area contributed by atoms with Crippen LogP contribution in [0, 0.1) is 5.92 Å². The van der Waals surface area contributed by atoms with Crippen LogP contribution >= 0.6 is 0 Å². The van der Waals surface area contributed by atoms with E-state index in [1.807, 2.05) is 0 Å². The van der Waals surface area contributed by atoms with Gasteiger partial charge in [-0.1, -0.05) is 43.3 Å². The van der Waals surface area contributed by atoms with Gasteiger partial charge in [0.2, 0.25) is 5.95 Å². The maximum atomic E-state index is 5.68. The van der Waals surface area contributed by atoms with Gasteiger partial charge in [0.1, 0.15) is 0 Å². The molecule has 30 heavy (non-hydrogen) atoms. The van der Waals surface area contributed by atoms with E-state index in [1.165, 1.54) is 0 Å². The molecule has 1 atom stereocenters. The Morgan fingerprint density at radius 3 is 2.23 bits per heavy atom. The van der Waals surface area contributed by atoms with E-state index in [0.717, 1.165) is 48.7 Å². The van der Waals surface area contributed by atoms with Gasteiger partial charge in [-0.3, -0.25) is 0 Å². The van der Waals surface area contributed by atoms with Crippen LogP contribution in [0.2, 0.25) is 0 Å². The van der Waals surface area contributed by atoms with Crippen molar-refractivity contribution in [1.82, 2.24) is 25.0 Å². The minimum Gasteiger partial charge on any atom is -0.368 e. The molecule has 0 radical (unpaired) electrons. The monoisotopic (exact) mass is 407 g/mol. The lowest BCUT2D eigenvalue weighted by atomic mass is 9.72. The van der Waals surface area contributed by atoms with Crippen molar-refractivity contribution < 1.29 is 4.52 Å². The fourth-order valence-electron chi connectivity index (χ4n) is 3.77. The molecule has 0 aliphatic carbocycles. The van der Waals surface area contributed by atoms with Crippen LogP contribution in [0.25, 0.3) is 11.1 Å². The Labute approximate surface area is 177 Å². The van der Waals surface area contributed by atoms with Crippen LogP contribution in [0.4, 0.5) is 12.0 Å². The van der Waals surface area contributed by atoms with E-state index in [2.05, 4.69) is 77.0 Å². The Hall–Kier alpha value is -3.00. The van der Waals surface area contributed by atoms with E-state index in [1.54, 1.807) is 12.4 Å². The Morgan fingerprint density at radius 2 is 1.63 bits per heavy atom. The first-order valence-electron chi connectivity index (χ1n) is 10.3. The summed E-state index contributed by atoms with van der Waals surface area (Å²) in [7, 11) is 2.13. The van der Waals surface area contributed by atoms with Crippen molar-refractivity contribution in [3.05, 3.63) is 48.0 Å². The maximum Gasteiger partial charge on any atom is 0.324 e. The van der Waals surface area contributed by atoms with Gasteiger partial charge in [0.15, 0.2) is 5.82 Å². The first-order valence-corrected chi connectivity index (χ1v) is 10.3.